The Morgan fingerprint density at radius 3 is 2.20 bits per heavy atom. The number of aromatic nitrogens is 3. The maximum absolute atomic E-state index is 13.5. The molecule has 5 rings (SSSR count). The summed E-state index contributed by atoms with van der Waals surface area (Å²) in [7, 11) is -3.92. The number of hydrogen-bond acceptors (Lipinski definition) is 7. The lowest BCUT2D eigenvalue weighted by Crippen LogP contribution is -2.32. The van der Waals surface area contributed by atoms with Gasteiger partial charge in [-0.25, -0.2) is 13.1 Å². The molecule has 0 bridgehead atoms. The number of nitrogens with zero attached hydrogens (tertiary/aromatic N) is 4. The molecule has 9 nitrogen and oxygen atoms in total. The third-order valence-electron chi connectivity index (χ3n) is 6.37. The second kappa shape index (κ2) is 12.5. The Kier molecular flexibility index (Phi) is 8.58. The van der Waals surface area contributed by atoms with Crippen LogP contribution in [0.5, 0.6) is 0 Å². The number of thioether (sulfide) groups is 1. The quantitative estimate of drug-likeness (QED) is 0.114. The molecule has 208 valence electrons. The Balaban J connectivity index is 1.59. The summed E-state index contributed by atoms with van der Waals surface area (Å²) in [6, 6.07) is 31.1. The third-order valence-corrected chi connectivity index (χ3v) is 8.86. The van der Waals surface area contributed by atoms with Crippen molar-refractivity contribution in [1.82, 2.24) is 19.5 Å². The van der Waals surface area contributed by atoms with E-state index in [-0.39, 0.29) is 10.6 Å². The van der Waals surface area contributed by atoms with Gasteiger partial charge in [-0.15, -0.1) is 10.2 Å². The number of hydrogen-bond donors (Lipinski definition) is 1. The van der Waals surface area contributed by atoms with Crippen molar-refractivity contribution in [3.63, 3.8) is 0 Å². The van der Waals surface area contributed by atoms with Crippen molar-refractivity contribution in [2.24, 2.45) is 0 Å². The van der Waals surface area contributed by atoms with E-state index in [1.165, 1.54) is 36.0 Å². The lowest BCUT2D eigenvalue weighted by atomic mass is 10.1. The van der Waals surface area contributed by atoms with Crippen molar-refractivity contribution in [3.8, 4) is 5.69 Å². The Hall–Kier alpha value is -4.32. The molecule has 41 heavy (non-hydrogen) atoms. The van der Waals surface area contributed by atoms with Gasteiger partial charge in [0.15, 0.2) is 11.0 Å². The molecule has 0 saturated heterocycles. The number of rotatable bonds is 11. The van der Waals surface area contributed by atoms with Crippen molar-refractivity contribution in [2.75, 3.05) is 0 Å². The van der Waals surface area contributed by atoms with Crippen LogP contribution in [0, 0.1) is 17.0 Å². The molecule has 1 atom stereocenters. The normalized spacial score (nSPS) is 12.2. The number of nitro groups is 1. The first kappa shape index (κ1) is 28.2. The SMILES string of the molecule is Cc1cccc(CSc2nnc(C(Cc3ccccc3)NS(=O)(=O)c3ccccc3)n2-c2ccc([N+](=O)[O-])cc2)c1. The summed E-state index contributed by atoms with van der Waals surface area (Å²) < 4.78 is 31.6. The van der Waals surface area contributed by atoms with Gasteiger partial charge in [0.1, 0.15) is 0 Å². The molecule has 1 unspecified atom stereocenters. The Morgan fingerprint density at radius 1 is 0.878 bits per heavy atom. The Bertz CT molecular complexity index is 1740. The summed E-state index contributed by atoms with van der Waals surface area (Å²) in [6.45, 7) is 2.03. The molecule has 0 aliphatic carbocycles. The van der Waals surface area contributed by atoms with E-state index in [1.54, 1.807) is 34.9 Å². The maximum Gasteiger partial charge on any atom is 0.269 e. The number of aryl methyl sites for hydroxylation is 1. The molecule has 0 spiro atoms. The molecular formula is C30H27N5O4S2. The van der Waals surface area contributed by atoms with Gasteiger partial charge < -0.3 is 0 Å². The van der Waals surface area contributed by atoms with Crippen LogP contribution in [0.4, 0.5) is 5.69 Å². The summed E-state index contributed by atoms with van der Waals surface area (Å²) in [6.07, 6.45) is 0.306. The van der Waals surface area contributed by atoms with E-state index in [4.69, 9.17) is 0 Å². The maximum atomic E-state index is 13.5. The van der Waals surface area contributed by atoms with Gasteiger partial charge in [0.2, 0.25) is 10.0 Å². The van der Waals surface area contributed by atoms with Crippen LogP contribution in [-0.4, -0.2) is 28.1 Å². The Labute approximate surface area is 242 Å². The molecular weight excluding hydrogens is 558 g/mol. The summed E-state index contributed by atoms with van der Waals surface area (Å²) in [5.74, 6) is 0.972. The molecule has 0 aliphatic heterocycles. The number of non-ortho nitro benzene ring substituents is 1. The molecule has 0 aliphatic rings. The van der Waals surface area contributed by atoms with Gasteiger partial charge in [-0.05, 0) is 48.7 Å². The monoisotopic (exact) mass is 585 g/mol. The first-order valence-electron chi connectivity index (χ1n) is 12.8. The fourth-order valence-electron chi connectivity index (χ4n) is 4.41. The van der Waals surface area contributed by atoms with Crippen LogP contribution in [0.2, 0.25) is 0 Å². The van der Waals surface area contributed by atoms with Gasteiger partial charge in [0.25, 0.3) is 5.69 Å². The number of benzene rings is 4. The van der Waals surface area contributed by atoms with Gasteiger partial charge >= 0.3 is 0 Å². The predicted octanol–water partition coefficient (Wildman–Crippen LogP) is 6.04. The van der Waals surface area contributed by atoms with Crippen LogP contribution >= 0.6 is 11.8 Å². The molecule has 1 heterocycles. The highest BCUT2D eigenvalue weighted by molar-refractivity contribution is 7.98. The highest BCUT2D eigenvalue weighted by Crippen LogP contribution is 2.30. The molecule has 0 saturated carbocycles. The van der Waals surface area contributed by atoms with E-state index in [2.05, 4.69) is 21.0 Å². The first-order chi connectivity index (χ1) is 19.8. The summed E-state index contributed by atoms with van der Waals surface area (Å²) in [5.41, 5.74) is 3.67. The van der Waals surface area contributed by atoms with E-state index < -0.39 is 21.0 Å². The van der Waals surface area contributed by atoms with Crippen LogP contribution < -0.4 is 4.72 Å². The average molecular weight is 586 g/mol. The highest BCUT2D eigenvalue weighted by atomic mass is 32.2. The summed E-state index contributed by atoms with van der Waals surface area (Å²) >= 11 is 1.45. The van der Waals surface area contributed by atoms with E-state index in [0.717, 1.165) is 16.7 Å². The van der Waals surface area contributed by atoms with Crippen molar-refractivity contribution in [3.05, 3.63) is 142 Å². The van der Waals surface area contributed by atoms with Crippen molar-refractivity contribution >= 4 is 27.5 Å². The fourth-order valence-corrected chi connectivity index (χ4v) is 6.52. The minimum Gasteiger partial charge on any atom is -0.273 e. The molecule has 11 heteroatoms. The molecule has 0 fully saturated rings. The molecule has 0 radical (unpaired) electrons. The molecule has 0 amide bonds. The Morgan fingerprint density at radius 2 is 1.54 bits per heavy atom. The largest absolute Gasteiger partial charge is 0.273 e. The third kappa shape index (κ3) is 6.88. The van der Waals surface area contributed by atoms with E-state index >= 15 is 0 Å². The average Bonchev–Trinajstić information content (AvgIpc) is 3.41. The van der Waals surface area contributed by atoms with Gasteiger partial charge in [-0.1, -0.05) is 90.1 Å². The lowest BCUT2D eigenvalue weighted by Gasteiger charge is -2.20. The van der Waals surface area contributed by atoms with Crippen molar-refractivity contribution in [1.29, 1.82) is 0 Å². The zero-order chi connectivity index (χ0) is 28.8. The van der Waals surface area contributed by atoms with Gasteiger partial charge in [-0.2, -0.15) is 0 Å². The van der Waals surface area contributed by atoms with Crippen LogP contribution in [-0.2, 0) is 22.2 Å². The summed E-state index contributed by atoms with van der Waals surface area (Å²) in [5, 5.41) is 20.8. The molecule has 5 aromatic rings. The van der Waals surface area contributed by atoms with Crippen LogP contribution in [0.15, 0.2) is 119 Å². The first-order valence-corrected chi connectivity index (χ1v) is 15.3. The van der Waals surface area contributed by atoms with Gasteiger partial charge in [0, 0.05) is 23.6 Å². The van der Waals surface area contributed by atoms with Crippen LogP contribution in [0.25, 0.3) is 5.69 Å². The van der Waals surface area contributed by atoms with E-state index in [1.807, 2.05) is 55.5 Å². The van der Waals surface area contributed by atoms with Crippen molar-refractivity contribution < 1.29 is 13.3 Å². The van der Waals surface area contributed by atoms with Gasteiger partial charge in [-0.3, -0.25) is 14.7 Å². The van der Waals surface area contributed by atoms with Crippen molar-refractivity contribution in [2.45, 2.75) is 35.2 Å². The zero-order valence-corrected chi connectivity index (χ0v) is 23.8. The molecule has 1 aromatic heterocycles. The van der Waals surface area contributed by atoms with Crippen LogP contribution in [0.3, 0.4) is 0 Å². The number of nitro benzene ring substituents is 1. The lowest BCUT2D eigenvalue weighted by molar-refractivity contribution is -0.384. The second-order valence-corrected chi connectivity index (χ2v) is 12.1. The summed E-state index contributed by atoms with van der Waals surface area (Å²) in [4.78, 5) is 11.0. The fraction of sp³-hybridized carbons (Fsp3) is 0.133. The number of nitrogens with one attached hydrogen (secondary N) is 1. The van der Waals surface area contributed by atoms with Gasteiger partial charge in [0.05, 0.1) is 15.9 Å². The minimum atomic E-state index is -3.92. The molecule has 1 N–H and O–H groups in total. The van der Waals surface area contributed by atoms with E-state index in [9.17, 15) is 18.5 Å². The molecule has 4 aromatic carbocycles. The second-order valence-electron chi connectivity index (χ2n) is 9.40. The minimum absolute atomic E-state index is 0.0528. The standard InChI is InChI=1S/C30H27N5O4S2/c1-22-9-8-12-24(19-22)21-40-30-32-31-29(34(30)25-15-17-26(18-16-25)35(36)37)28(20-23-10-4-2-5-11-23)33-41(38,39)27-13-6-3-7-14-27/h2-19,28,33H,20-21H2,1H3. The highest BCUT2D eigenvalue weighted by Gasteiger charge is 2.28. The van der Waals surface area contributed by atoms with E-state index in [0.29, 0.717) is 28.8 Å². The van der Waals surface area contributed by atoms with Crippen LogP contribution in [0.1, 0.15) is 28.6 Å². The predicted molar refractivity (Wildman–Crippen MR) is 158 cm³/mol. The topological polar surface area (TPSA) is 120 Å². The number of sulfonamides is 1. The zero-order valence-electron chi connectivity index (χ0n) is 22.1. The smallest absolute Gasteiger partial charge is 0.269 e.